The van der Waals surface area contributed by atoms with Crippen molar-refractivity contribution in [3.8, 4) is 0 Å². The molecule has 0 aliphatic heterocycles. The molecule has 0 saturated carbocycles. The predicted octanol–water partition coefficient (Wildman–Crippen LogP) is 5.41. The highest BCUT2D eigenvalue weighted by Crippen LogP contribution is 2.44. The Labute approximate surface area is 105 Å². The van der Waals surface area contributed by atoms with Crippen molar-refractivity contribution in [1.82, 2.24) is 0 Å². The largest absolute Gasteiger partial charge is 0.446 e. The molecule has 0 spiro atoms. The van der Waals surface area contributed by atoms with Crippen molar-refractivity contribution in [3.05, 3.63) is 27.8 Å². The number of alkyl halides is 3. The number of thiophene rings is 1. The summed E-state index contributed by atoms with van der Waals surface area (Å²) in [5.74, 6) is -0.554. The monoisotopic (exact) mass is 330 g/mol. The van der Waals surface area contributed by atoms with E-state index in [0.717, 1.165) is 17.4 Å². The zero-order valence-electron chi connectivity index (χ0n) is 7.44. The van der Waals surface area contributed by atoms with Gasteiger partial charge in [-0.25, -0.2) is 4.39 Å². The van der Waals surface area contributed by atoms with E-state index < -0.39 is 11.3 Å². The van der Waals surface area contributed by atoms with Crippen LogP contribution < -0.4 is 0 Å². The standard InChI is InChI=1S/C9H3BrF4S2/c10-6-2-4(11)1-5-7(3-15-8(5)6)16-9(12,13)14/h1-3H. The minimum Gasteiger partial charge on any atom is -0.207 e. The summed E-state index contributed by atoms with van der Waals surface area (Å²) in [6.45, 7) is 0. The molecule has 0 nitrogen and oxygen atoms in total. The van der Waals surface area contributed by atoms with E-state index in [2.05, 4.69) is 15.9 Å². The van der Waals surface area contributed by atoms with E-state index >= 15 is 0 Å². The molecule has 2 aromatic rings. The lowest BCUT2D eigenvalue weighted by Gasteiger charge is -2.04. The molecule has 86 valence electrons. The van der Waals surface area contributed by atoms with Gasteiger partial charge in [0.1, 0.15) is 5.82 Å². The van der Waals surface area contributed by atoms with Gasteiger partial charge < -0.3 is 0 Å². The third-order valence-corrected chi connectivity index (χ3v) is 4.64. The first kappa shape index (κ1) is 12.2. The Morgan fingerprint density at radius 2 is 1.94 bits per heavy atom. The average molecular weight is 331 g/mol. The van der Waals surface area contributed by atoms with Gasteiger partial charge in [-0.2, -0.15) is 13.2 Å². The summed E-state index contributed by atoms with van der Waals surface area (Å²) in [6, 6.07) is 2.35. The van der Waals surface area contributed by atoms with Crippen LogP contribution in [0.4, 0.5) is 17.6 Å². The van der Waals surface area contributed by atoms with Gasteiger partial charge in [0.05, 0.1) is 0 Å². The summed E-state index contributed by atoms with van der Waals surface area (Å²) in [6.07, 6.45) is 0. The molecule has 0 unspecified atom stereocenters. The average Bonchev–Trinajstić information content (AvgIpc) is 2.46. The van der Waals surface area contributed by atoms with Crippen LogP contribution in [-0.2, 0) is 0 Å². The molecule has 0 saturated heterocycles. The minimum atomic E-state index is -4.35. The Hall–Kier alpha value is -0.270. The van der Waals surface area contributed by atoms with Gasteiger partial charge in [-0.15, -0.1) is 11.3 Å². The summed E-state index contributed by atoms with van der Waals surface area (Å²) in [5, 5.41) is 1.67. The van der Waals surface area contributed by atoms with Crippen LogP contribution in [0.3, 0.4) is 0 Å². The van der Waals surface area contributed by atoms with Crippen molar-refractivity contribution in [2.24, 2.45) is 0 Å². The smallest absolute Gasteiger partial charge is 0.207 e. The number of fused-ring (bicyclic) bond motifs is 1. The van der Waals surface area contributed by atoms with E-state index in [1.54, 1.807) is 0 Å². The first-order chi connectivity index (χ1) is 7.37. The molecule has 0 amide bonds. The van der Waals surface area contributed by atoms with Crippen LogP contribution in [0.15, 0.2) is 26.9 Å². The van der Waals surface area contributed by atoms with E-state index in [1.165, 1.54) is 11.4 Å². The molecule has 1 aromatic carbocycles. The topological polar surface area (TPSA) is 0 Å². The van der Waals surface area contributed by atoms with Crippen LogP contribution in [-0.4, -0.2) is 5.51 Å². The van der Waals surface area contributed by atoms with Crippen LogP contribution in [0.1, 0.15) is 0 Å². The summed E-state index contributed by atoms with van der Waals surface area (Å²) in [4.78, 5) is 0.0349. The fourth-order valence-corrected chi connectivity index (χ4v) is 3.70. The SMILES string of the molecule is Fc1cc(Br)c2scc(SC(F)(F)F)c2c1. The quantitative estimate of drug-likeness (QED) is 0.497. The number of thioether (sulfide) groups is 1. The van der Waals surface area contributed by atoms with Gasteiger partial charge in [0, 0.05) is 24.8 Å². The molecule has 1 heterocycles. The van der Waals surface area contributed by atoms with Crippen molar-refractivity contribution in [2.75, 3.05) is 0 Å². The number of hydrogen-bond acceptors (Lipinski definition) is 2. The maximum absolute atomic E-state index is 13.1. The normalized spacial score (nSPS) is 12.3. The first-order valence-corrected chi connectivity index (χ1v) is 6.48. The van der Waals surface area contributed by atoms with Crippen LogP contribution >= 0.6 is 39.0 Å². The third-order valence-electron chi connectivity index (χ3n) is 1.78. The molecular weight excluding hydrogens is 328 g/mol. The second kappa shape index (κ2) is 4.19. The number of benzene rings is 1. The Kier molecular flexibility index (Phi) is 3.20. The Morgan fingerprint density at radius 3 is 2.56 bits per heavy atom. The fraction of sp³-hybridized carbons (Fsp3) is 0.111. The highest BCUT2D eigenvalue weighted by molar-refractivity contribution is 9.10. The molecule has 1 aromatic heterocycles. The van der Waals surface area contributed by atoms with Gasteiger partial charge >= 0.3 is 5.51 Å². The van der Waals surface area contributed by atoms with Gasteiger partial charge in [-0.3, -0.25) is 0 Å². The summed E-state index contributed by atoms with van der Waals surface area (Å²) >= 11 is 4.05. The Bertz CT molecular complexity index is 532. The van der Waals surface area contributed by atoms with Crippen LogP contribution in [0, 0.1) is 5.82 Å². The minimum absolute atomic E-state index is 0.0349. The van der Waals surface area contributed by atoms with E-state index in [-0.39, 0.29) is 16.7 Å². The summed E-state index contributed by atoms with van der Waals surface area (Å²) in [5.41, 5.74) is -4.35. The maximum atomic E-state index is 13.1. The molecular formula is C9H3BrF4S2. The summed E-state index contributed by atoms with van der Waals surface area (Å²) in [7, 11) is 0. The molecule has 0 aliphatic rings. The predicted molar refractivity (Wildman–Crippen MR) is 61.4 cm³/mol. The molecule has 0 bridgehead atoms. The lowest BCUT2D eigenvalue weighted by Crippen LogP contribution is -1.98. The second-order valence-electron chi connectivity index (χ2n) is 2.91. The lowest BCUT2D eigenvalue weighted by atomic mass is 10.2. The fourth-order valence-electron chi connectivity index (χ4n) is 1.24. The molecule has 0 radical (unpaired) electrons. The van der Waals surface area contributed by atoms with Crippen molar-refractivity contribution in [3.63, 3.8) is 0 Å². The lowest BCUT2D eigenvalue weighted by molar-refractivity contribution is -0.0327. The highest BCUT2D eigenvalue weighted by Gasteiger charge is 2.30. The third kappa shape index (κ3) is 2.52. The second-order valence-corrected chi connectivity index (χ2v) is 5.75. The highest BCUT2D eigenvalue weighted by atomic mass is 79.9. The van der Waals surface area contributed by atoms with E-state index in [1.807, 2.05) is 0 Å². The van der Waals surface area contributed by atoms with Crippen molar-refractivity contribution in [1.29, 1.82) is 0 Å². The van der Waals surface area contributed by atoms with Gasteiger partial charge in [0.15, 0.2) is 0 Å². The summed E-state index contributed by atoms with van der Waals surface area (Å²) < 4.78 is 50.8. The van der Waals surface area contributed by atoms with Crippen molar-refractivity contribution >= 4 is 49.1 Å². The number of halogens is 5. The Balaban J connectivity index is 2.56. The van der Waals surface area contributed by atoms with E-state index in [4.69, 9.17) is 0 Å². The zero-order chi connectivity index (χ0) is 11.9. The van der Waals surface area contributed by atoms with Crippen molar-refractivity contribution < 1.29 is 17.6 Å². The zero-order valence-corrected chi connectivity index (χ0v) is 10.7. The molecule has 16 heavy (non-hydrogen) atoms. The molecule has 0 atom stereocenters. The Morgan fingerprint density at radius 1 is 1.25 bits per heavy atom. The van der Waals surface area contributed by atoms with Gasteiger partial charge in [0.2, 0.25) is 0 Å². The van der Waals surface area contributed by atoms with Gasteiger partial charge in [0.25, 0.3) is 0 Å². The molecule has 0 fully saturated rings. The molecule has 7 heteroatoms. The van der Waals surface area contributed by atoms with Crippen LogP contribution in [0.2, 0.25) is 0 Å². The van der Waals surface area contributed by atoms with E-state index in [9.17, 15) is 17.6 Å². The van der Waals surface area contributed by atoms with Gasteiger partial charge in [-0.05, 0) is 39.8 Å². The molecule has 2 rings (SSSR count). The number of hydrogen-bond donors (Lipinski definition) is 0. The van der Waals surface area contributed by atoms with E-state index in [0.29, 0.717) is 14.6 Å². The first-order valence-electron chi connectivity index (χ1n) is 3.99. The van der Waals surface area contributed by atoms with Crippen LogP contribution in [0.25, 0.3) is 10.1 Å². The van der Waals surface area contributed by atoms with Crippen molar-refractivity contribution in [2.45, 2.75) is 10.4 Å². The van der Waals surface area contributed by atoms with Gasteiger partial charge in [-0.1, -0.05) is 0 Å². The van der Waals surface area contributed by atoms with Crippen LogP contribution in [0.5, 0.6) is 0 Å². The number of rotatable bonds is 1. The molecule has 0 N–H and O–H groups in total. The maximum Gasteiger partial charge on any atom is 0.446 e. The molecule has 0 aliphatic carbocycles.